The molecule has 0 unspecified atom stereocenters. The first-order chi connectivity index (χ1) is 14.2. The van der Waals surface area contributed by atoms with Crippen LogP contribution in [-0.4, -0.2) is 50.7 Å². The second kappa shape index (κ2) is 7.00. The van der Waals surface area contributed by atoms with Crippen molar-refractivity contribution in [2.75, 3.05) is 31.5 Å². The molecule has 3 aromatic heterocycles. The number of nitrogens with zero attached hydrogens (tertiary/aromatic N) is 4. The van der Waals surface area contributed by atoms with Gasteiger partial charge in [-0.05, 0) is 50.3 Å². The highest BCUT2D eigenvalue weighted by atomic mass is 16.1. The van der Waals surface area contributed by atoms with Gasteiger partial charge in [0.15, 0.2) is 5.43 Å². The summed E-state index contributed by atoms with van der Waals surface area (Å²) in [5, 5.41) is 12.8. The number of nitrogens with one attached hydrogen (secondary N) is 2. The van der Waals surface area contributed by atoms with Crippen LogP contribution in [0.3, 0.4) is 0 Å². The van der Waals surface area contributed by atoms with Gasteiger partial charge >= 0.3 is 0 Å². The summed E-state index contributed by atoms with van der Waals surface area (Å²) >= 11 is 0. The van der Waals surface area contributed by atoms with Crippen LogP contribution >= 0.6 is 0 Å². The summed E-state index contributed by atoms with van der Waals surface area (Å²) in [5.74, 6) is 0. The van der Waals surface area contributed by atoms with Crippen LogP contribution in [0.15, 0.2) is 41.6 Å². The molecule has 7 heteroatoms. The van der Waals surface area contributed by atoms with Crippen molar-refractivity contribution in [3.8, 4) is 0 Å². The third kappa shape index (κ3) is 2.73. The highest BCUT2D eigenvalue weighted by molar-refractivity contribution is 6.13. The zero-order valence-corrected chi connectivity index (χ0v) is 16.7. The molecule has 0 bridgehead atoms. The number of hydrogen-bond donors (Lipinski definition) is 2. The number of rotatable bonds is 7. The molecule has 2 aromatic carbocycles. The van der Waals surface area contributed by atoms with Crippen LogP contribution in [0, 0.1) is 0 Å². The summed E-state index contributed by atoms with van der Waals surface area (Å²) in [7, 11) is 0. The Morgan fingerprint density at radius 3 is 2.83 bits per heavy atom. The molecule has 0 radical (unpaired) electrons. The topological polar surface area (TPSA) is 78.3 Å². The van der Waals surface area contributed by atoms with Crippen LogP contribution in [-0.2, 0) is 0 Å². The lowest BCUT2D eigenvalue weighted by molar-refractivity contribution is 0.303. The van der Waals surface area contributed by atoms with E-state index in [1.165, 1.54) is 0 Å². The smallest absolute Gasteiger partial charge is 0.200 e. The zero-order valence-electron chi connectivity index (χ0n) is 16.7. The summed E-state index contributed by atoms with van der Waals surface area (Å²) in [6.07, 6.45) is 4.55. The van der Waals surface area contributed by atoms with Gasteiger partial charge in [0.05, 0.1) is 39.0 Å². The van der Waals surface area contributed by atoms with E-state index in [1.807, 2.05) is 28.7 Å². The normalized spacial score (nSPS) is 12.2. The first-order valence-electron chi connectivity index (χ1n) is 10.2. The quantitative estimate of drug-likeness (QED) is 0.330. The molecular weight excluding hydrogens is 364 g/mol. The van der Waals surface area contributed by atoms with Gasteiger partial charge in [0.2, 0.25) is 0 Å². The second-order valence-corrected chi connectivity index (χ2v) is 7.40. The number of aromatic nitrogens is 4. The largest absolute Gasteiger partial charge is 0.384 e. The molecule has 5 rings (SSSR count). The van der Waals surface area contributed by atoms with Crippen molar-refractivity contribution in [1.82, 2.24) is 24.5 Å². The van der Waals surface area contributed by atoms with Crippen molar-refractivity contribution >= 4 is 43.9 Å². The van der Waals surface area contributed by atoms with Gasteiger partial charge in [-0.2, -0.15) is 5.10 Å². The van der Waals surface area contributed by atoms with Gasteiger partial charge in [-0.15, -0.1) is 0 Å². The molecular formula is C22H24N6O. The summed E-state index contributed by atoms with van der Waals surface area (Å²) in [5.41, 5.74) is 4.32. The van der Waals surface area contributed by atoms with Crippen molar-refractivity contribution < 1.29 is 0 Å². The van der Waals surface area contributed by atoms with E-state index < -0.39 is 0 Å². The van der Waals surface area contributed by atoms with E-state index in [1.54, 1.807) is 12.5 Å². The third-order valence-electron chi connectivity index (χ3n) is 5.89. The maximum atomic E-state index is 13.6. The van der Waals surface area contributed by atoms with Gasteiger partial charge in [-0.25, -0.2) is 4.98 Å². The minimum Gasteiger partial charge on any atom is -0.384 e. The van der Waals surface area contributed by atoms with E-state index in [9.17, 15) is 4.79 Å². The molecule has 0 aliphatic rings. The van der Waals surface area contributed by atoms with E-state index in [0.29, 0.717) is 10.8 Å². The Bertz CT molecular complexity index is 1360. The van der Waals surface area contributed by atoms with Crippen molar-refractivity contribution in [2.24, 2.45) is 0 Å². The fourth-order valence-electron chi connectivity index (χ4n) is 4.30. The monoisotopic (exact) mass is 388 g/mol. The van der Waals surface area contributed by atoms with E-state index >= 15 is 0 Å². The van der Waals surface area contributed by atoms with E-state index in [0.717, 1.165) is 65.7 Å². The number of hydrogen-bond acceptors (Lipinski definition) is 5. The highest BCUT2D eigenvalue weighted by Crippen LogP contribution is 2.30. The van der Waals surface area contributed by atoms with E-state index in [4.69, 9.17) is 0 Å². The number of benzene rings is 2. The molecule has 0 aliphatic carbocycles. The van der Waals surface area contributed by atoms with E-state index in [-0.39, 0.29) is 5.43 Å². The Labute approximate surface area is 167 Å². The molecule has 0 aliphatic heterocycles. The predicted molar refractivity (Wildman–Crippen MR) is 118 cm³/mol. The lowest BCUT2D eigenvalue weighted by atomic mass is 10.0. The number of fused-ring (bicyclic) bond motifs is 4. The summed E-state index contributed by atoms with van der Waals surface area (Å²) in [6.45, 7) is 8.35. The summed E-state index contributed by atoms with van der Waals surface area (Å²) in [6, 6.07) is 7.88. The first kappa shape index (κ1) is 17.9. The van der Waals surface area contributed by atoms with Crippen molar-refractivity contribution in [3.05, 3.63) is 47.0 Å². The van der Waals surface area contributed by atoms with Crippen LogP contribution in [0.1, 0.15) is 20.3 Å². The maximum absolute atomic E-state index is 13.6. The first-order valence-corrected chi connectivity index (χ1v) is 10.2. The molecule has 3 heterocycles. The minimum absolute atomic E-state index is 0.0249. The van der Waals surface area contributed by atoms with Gasteiger partial charge in [0, 0.05) is 17.6 Å². The molecule has 0 saturated carbocycles. The number of aromatic amines is 1. The van der Waals surface area contributed by atoms with Crippen LogP contribution in [0.4, 0.5) is 5.69 Å². The highest BCUT2D eigenvalue weighted by Gasteiger charge is 2.18. The third-order valence-corrected chi connectivity index (χ3v) is 5.89. The Morgan fingerprint density at radius 1 is 1.14 bits per heavy atom. The number of anilines is 1. The number of pyridine rings is 1. The van der Waals surface area contributed by atoms with Crippen molar-refractivity contribution in [3.63, 3.8) is 0 Å². The molecule has 148 valence electrons. The Morgan fingerprint density at radius 2 is 2.00 bits per heavy atom. The fourth-order valence-corrected chi connectivity index (χ4v) is 4.30. The van der Waals surface area contributed by atoms with E-state index in [2.05, 4.69) is 39.2 Å². The van der Waals surface area contributed by atoms with Crippen molar-refractivity contribution in [1.29, 1.82) is 0 Å². The molecule has 29 heavy (non-hydrogen) atoms. The Balaban J connectivity index is 1.64. The Kier molecular flexibility index (Phi) is 4.32. The molecule has 5 aromatic rings. The molecule has 0 fully saturated rings. The van der Waals surface area contributed by atoms with Crippen molar-refractivity contribution in [2.45, 2.75) is 20.3 Å². The molecule has 0 atom stereocenters. The molecule has 2 N–H and O–H groups in total. The van der Waals surface area contributed by atoms with Crippen LogP contribution in [0.25, 0.3) is 38.2 Å². The molecule has 0 spiro atoms. The van der Waals surface area contributed by atoms with Crippen LogP contribution < -0.4 is 10.7 Å². The predicted octanol–water partition coefficient (Wildman–Crippen LogP) is 3.46. The van der Waals surface area contributed by atoms with Crippen LogP contribution in [0.5, 0.6) is 0 Å². The molecule has 0 saturated heterocycles. The van der Waals surface area contributed by atoms with Crippen LogP contribution in [0.2, 0.25) is 0 Å². The lowest BCUT2D eigenvalue weighted by Crippen LogP contribution is -2.25. The maximum Gasteiger partial charge on any atom is 0.200 e. The fraction of sp³-hybridized carbons (Fsp3) is 0.318. The average molecular weight is 388 g/mol. The van der Waals surface area contributed by atoms with Gasteiger partial charge in [-0.1, -0.05) is 13.8 Å². The number of imidazole rings is 1. The Hall–Kier alpha value is -3.19. The number of H-pyrrole nitrogens is 1. The lowest BCUT2D eigenvalue weighted by Gasteiger charge is -2.18. The SMILES string of the molecule is CCN(CC)CCCNc1ccc2ncn3c4ccc5[nH]ncc5c4c(=O)c1c23. The molecule has 0 amide bonds. The van der Waals surface area contributed by atoms with Gasteiger partial charge in [0.1, 0.15) is 6.33 Å². The minimum atomic E-state index is 0.0249. The average Bonchev–Trinajstić information content (AvgIpc) is 3.39. The summed E-state index contributed by atoms with van der Waals surface area (Å²) in [4.78, 5) is 20.6. The molecule has 7 nitrogen and oxygen atoms in total. The summed E-state index contributed by atoms with van der Waals surface area (Å²) < 4.78 is 2.02. The van der Waals surface area contributed by atoms with Gasteiger partial charge in [0.25, 0.3) is 0 Å². The second-order valence-electron chi connectivity index (χ2n) is 7.40. The standard InChI is InChI=1S/C22H24N6O/c1-3-27(4-2)11-5-10-23-16-6-7-17-21-20(16)22(29)19-14-12-25-26-15(14)8-9-18(19)28(21)13-24-17/h6-9,12-13,23H,3-5,10-11H2,1-2H3,(H,25,26). The van der Waals surface area contributed by atoms with Gasteiger partial charge < -0.3 is 10.2 Å². The van der Waals surface area contributed by atoms with Gasteiger partial charge in [-0.3, -0.25) is 14.3 Å². The zero-order chi connectivity index (χ0) is 20.0.